The number of hydrogen-bond acceptors (Lipinski definition) is 2. The van der Waals surface area contributed by atoms with Gasteiger partial charge in [0, 0.05) is 21.7 Å². The van der Waals surface area contributed by atoms with Gasteiger partial charge in [0.15, 0.2) is 11.2 Å². The van der Waals surface area contributed by atoms with Crippen molar-refractivity contribution in [2.45, 2.75) is 12.8 Å². The van der Waals surface area contributed by atoms with Crippen molar-refractivity contribution >= 4 is 60.5 Å². The summed E-state index contributed by atoms with van der Waals surface area (Å²) in [6, 6.07) is 39.4. The molecule has 0 atom stereocenters. The summed E-state index contributed by atoms with van der Waals surface area (Å²) in [5.74, 6) is 0.964. The normalized spacial score (nSPS) is 13.2. The summed E-state index contributed by atoms with van der Waals surface area (Å²) in [5.41, 5.74) is 8.81. The van der Waals surface area contributed by atoms with Gasteiger partial charge in [-0.2, -0.15) is 0 Å². The minimum absolute atomic E-state index is 0.835. The number of benzene rings is 6. The van der Waals surface area contributed by atoms with Crippen molar-refractivity contribution in [3.63, 3.8) is 0 Å². The van der Waals surface area contributed by atoms with Crippen LogP contribution in [-0.4, -0.2) is 0 Å². The van der Waals surface area contributed by atoms with Crippen molar-refractivity contribution in [1.29, 1.82) is 0 Å². The van der Waals surface area contributed by atoms with Gasteiger partial charge in [-0.15, -0.1) is 0 Å². The molecule has 2 nitrogen and oxygen atoms in total. The monoisotopic (exact) mass is 512 g/mol. The lowest BCUT2D eigenvalue weighted by atomic mass is 9.86. The lowest BCUT2D eigenvalue weighted by Gasteiger charge is -2.17. The van der Waals surface area contributed by atoms with E-state index in [2.05, 4.69) is 121 Å². The van der Waals surface area contributed by atoms with Crippen LogP contribution in [0.2, 0.25) is 0 Å². The zero-order chi connectivity index (χ0) is 26.2. The largest absolute Gasteiger partial charge is 0.452 e. The SMILES string of the molecule is C1=Cc2oc3c(ccc4c5cc(-c6c7ccccc7c(-c7ccccc7)c7ccccc67)ccc5oc43)c2CC1. The molecule has 0 amide bonds. The minimum atomic E-state index is 0.835. The van der Waals surface area contributed by atoms with Crippen LogP contribution < -0.4 is 0 Å². The first-order valence-corrected chi connectivity index (χ1v) is 13.9. The van der Waals surface area contributed by atoms with Crippen LogP contribution in [0.1, 0.15) is 17.7 Å². The Balaban J connectivity index is 1.35. The summed E-state index contributed by atoms with van der Waals surface area (Å²) in [4.78, 5) is 0. The second kappa shape index (κ2) is 8.21. The number of hydrogen-bond donors (Lipinski definition) is 0. The van der Waals surface area contributed by atoms with Gasteiger partial charge in [0.2, 0.25) is 0 Å². The lowest BCUT2D eigenvalue weighted by molar-refractivity contribution is 0.584. The number of rotatable bonds is 2. The Morgan fingerprint density at radius 2 is 1.10 bits per heavy atom. The Morgan fingerprint density at radius 3 is 1.82 bits per heavy atom. The number of allylic oxidation sites excluding steroid dienone is 1. The van der Waals surface area contributed by atoms with Gasteiger partial charge in [0.05, 0.1) is 0 Å². The molecule has 0 saturated heterocycles. The third-order valence-corrected chi connectivity index (χ3v) is 8.54. The maximum atomic E-state index is 6.47. The van der Waals surface area contributed by atoms with E-state index in [0.717, 1.165) is 46.1 Å². The van der Waals surface area contributed by atoms with Crippen molar-refractivity contribution in [3.8, 4) is 22.3 Å². The van der Waals surface area contributed by atoms with Crippen LogP contribution >= 0.6 is 0 Å². The summed E-state index contributed by atoms with van der Waals surface area (Å²) in [5, 5.41) is 8.39. The molecule has 9 rings (SSSR count). The second-order valence-corrected chi connectivity index (χ2v) is 10.7. The van der Waals surface area contributed by atoms with E-state index in [4.69, 9.17) is 8.83 Å². The Kier molecular flexibility index (Phi) is 4.48. The molecule has 40 heavy (non-hydrogen) atoms. The van der Waals surface area contributed by atoms with Crippen molar-refractivity contribution < 1.29 is 8.83 Å². The smallest absolute Gasteiger partial charge is 0.178 e. The van der Waals surface area contributed by atoms with Crippen LogP contribution in [0.15, 0.2) is 124 Å². The summed E-state index contributed by atoms with van der Waals surface area (Å²) in [6.07, 6.45) is 6.34. The predicted molar refractivity (Wildman–Crippen MR) is 167 cm³/mol. The van der Waals surface area contributed by atoms with Crippen LogP contribution in [0.5, 0.6) is 0 Å². The van der Waals surface area contributed by atoms with Crippen molar-refractivity contribution in [2.75, 3.05) is 0 Å². The fourth-order valence-electron chi connectivity index (χ4n) is 6.78. The van der Waals surface area contributed by atoms with Crippen LogP contribution in [0.3, 0.4) is 0 Å². The third-order valence-electron chi connectivity index (χ3n) is 8.54. The van der Waals surface area contributed by atoms with Crippen molar-refractivity contribution in [3.05, 3.63) is 127 Å². The summed E-state index contributed by atoms with van der Waals surface area (Å²) < 4.78 is 12.8. The number of fused-ring (bicyclic) bond motifs is 9. The van der Waals surface area contributed by atoms with Gasteiger partial charge in [-0.05, 0) is 87.0 Å². The molecule has 6 aromatic carbocycles. The van der Waals surface area contributed by atoms with Gasteiger partial charge in [0.1, 0.15) is 11.3 Å². The second-order valence-electron chi connectivity index (χ2n) is 10.7. The zero-order valence-electron chi connectivity index (χ0n) is 21.8. The van der Waals surface area contributed by atoms with Gasteiger partial charge >= 0.3 is 0 Å². The van der Waals surface area contributed by atoms with Crippen LogP contribution in [0, 0.1) is 0 Å². The highest BCUT2D eigenvalue weighted by Gasteiger charge is 2.21. The number of aryl methyl sites for hydroxylation is 1. The third kappa shape index (κ3) is 2.99. The van der Waals surface area contributed by atoms with Crippen molar-refractivity contribution in [1.82, 2.24) is 0 Å². The highest BCUT2D eigenvalue weighted by atomic mass is 16.4. The van der Waals surface area contributed by atoms with E-state index in [1.54, 1.807) is 0 Å². The van der Waals surface area contributed by atoms with Gasteiger partial charge in [-0.1, -0.05) is 91.0 Å². The molecule has 1 aliphatic rings. The van der Waals surface area contributed by atoms with E-state index in [9.17, 15) is 0 Å². The van der Waals surface area contributed by atoms with Gasteiger partial charge < -0.3 is 8.83 Å². The standard InChI is InChI=1S/C38H24O2/c1-2-10-23(11-3-1)35-26-13-4-6-15-28(26)36(29-16-7-5-14-27(29)35)24-18-21-34-32(22-24)31-20-19-30-25-12-8-9-17-33(25)39-37(30)38(31)40-34/h1-7,9-11,13-22H,8,12H2. The van der Waals surface area contributed by atoms with Crippen molar-refractivity contribution in [2.24, 2.45) is 0 Å². The van der Waals surface area contributed by atoms with Crippen LogP contribution in [0.4, 0.5) is 0 Å². The first-order valence-electron chi connectivity index (χ1n) is 13.9. The maximum absolute atomic E-state index is 6.47. The summed E-state index contributed by atoms with van der Waals surface area (Å²) in [7, 11) is 0. The Morgan fingerprint density at radius 1 is 0.475 bits per heavy atom. The Labute approximate surface area is 230 Å². The maximum Gasteiger partial charge on any atom is 0.178 e. The average molecular weight is 513 g/mol. The fourth-order valence-corrected chi connectivity index (χ4v) is 6.78. The Bertz CT molecular complexity index is 2260. The molecular weight excluding hydrogens is 488 g/mol. The molecule has 188 valence electrons. The molecule has 0 N–H and O–H groups in total. The lowest BCUT2D eigenvalue weighted by Crippen LogP contribution is -1.90. The van der Waals surface area contributed by atoms with E-state index in [1.807, 2.05) is 0 Å². The molecule has 0 unspecified atom stereocenters. The molecule has 0 saturated carbocycles. The molecular formula is C38H24O2. The van der Waals surface area contributed by atoms with Crippen LogP contribution in [0.25, 0.3) is 82.8 Å². The van der Waals surface area contributed by atoms with Gasteiger partial charge in [-0.3, -0.25) is 0 Å². The first-order chi connectivity index (χ1) is 19.8. The molecule has 0 radical (unpaired) electrons. The molecule has 2 aromatic heterocycles. The average Bonchev–Trinajstić information content (AvgIpc) is 3.58. The molecule has 0 bridgehead atoms. The molecule has 0 spiro atoms. The van der Waals surface area contributed by atoms with E-state index in [0.29, 0.717) is 0 Å². The summed E-state index contributed by atoms with van der Waals surface area (Å²) >= 11 is 0. The topological polar surface area (TPSA) is 26.3 Å². The quantitative estimate of drug-likeness (QED) is 0.215. The Hall–Kier alpha value is -5.08. The predicted octanol–water partition coefficient (Wildman–Crippen LogP) is 10.9. The minimum Gasteiger partial charge on any atom is -0.452 e. The highest BCUT2D eigenvalue weighted by Crippen LogP contribution is 2.45. The molecule has 2 heterocycles. The van der Waals surface area contributed by atoms with Gasteiger partial charge in [0.25, 0.3) is 0 Å². The van der Waals surface area contributed by atoms with E-state index >= 15 is 0 Å². The van der Waals surface area contributed by atoms with Crippen LogP contribution in [-0.2, 0) is 6.42 Å². The fraction of sp³-hybridized carbons (Fsp3) is 0.0526. The summed E-state index contributed by atoms with van der Waals surface area (Å²) in [6.45, 7) is 0. The van der Waals surface area contributed by atoms with E-state index in [1.165, 1.54) is 54.7 Å². The van der Waals surface area contributed by atoms with Gasteiger partial charge in [-0.25, -0.2) is 0 Å². The molecule has 8 aromatic rings. The highest BCUT2D eigenvalue weighted by molar-refractivity contribution is 6.22. The molecule has 2 heteroatoms. The molecule has 0 fully saturated rings. The molecule has 1 aliphatic carbocycles. The number of furan rings is 2. The van der Waals surface area contributed by atoms with E-state index < -0.39 is 0 Å². The van der Waals surface area contributed by atoms with E-state index in [-0.39, 0.29) is 0 Å². The zero-order valence-corrected chi connectivity index (χ0v) is 21.8. The first kappa shape index (κ1) is 21.8. The molecule has 0 aliphatic heterocycles.